The molecule has 0 saturated heterocycles. The molecule has 0 fully saturated rings. The summed E-state index contributed by atoms with van der Waals surface area (Å²) in [4.78, 5) is 15.2. The van der Waals surface area contributed by atoms with Crippen molar-refractivity contribution in [2.45, 2.75) is 12.6 Å². The number of halogens is 3. The molecule has 0 unspecified atom stereocenters. The Bertz CT molecular complexity index is 711. The van der Waals surface area contributed by atoms with Gasteiger partial charge in [-0.25, -0.2) is 15.0 Å². The van der Waals surface area contributed by atoms with Crippen molar-refractivity contribution in [2.24, 2.45) is 0 Å². The molecule has 120 valence electrons. The molecule has 0 saturated carbocycles. The SMILES string of the molecule is FC(F)(F)c1ncc(Nc2nccnc2C2=CCNCC2)cn1. The highest BCUT2D eigenvalue weighted by Gasteiger charge is 2.34. The van der Waals surface area contributed by atoms with Gasteiger partial charge in [0, 0.05) is 18.9 Å². The molecule has 3 heterocycles. The summed E-state index contributed by atoms with van der Waals surface area (Å²) in [7, 11) is 0. The molecule has 1 aliphatic heterocycles. The fourth-order valence-corrected chi connectivity index (χ4v) is 2.18. The van der Waals surface area contributed by atoms with Gasteiger partial charge in [0.05, 0.1) is 18.1 Å². The first-order valence-corrected chi connectivity index (χ1v) is 6.91. The minimum Gasteiger partial charge on any atom is -0.336 e. The van der Waals surface area contributed by atoms with Crippen molar-refractivity contribution in [3.63, 3.8) is 0 Å². The van der Waals surface area contributed by atoms with E-state index in [1.165, 1.54) is 6.20 Å². The van der Waals surface area contributed by atoms with Crippen LogP contribution in [0.4, 0.5) is 24.7 Å². The first-order chi connectivity index (χ1) is 11.0. The zero-order valence-electron chi connectivity index (χ0n) is 11.9. The van der Waals surface area contributed by atoms with Crippen LogP contribution < -0.4 is 10.6 Å². The Kier molecular flexibility index (Phi) is 4.20. The first-order valence-electron chi connectivity index (χ1n) is 6.91. The number of hydrogen-bond acceptors (Lipinski definition) is 6. The Balaban J connectivity index is 1.84. The minimum absolute atomic E-state index is 0.314. The molecule has 0 aromatic carbocycles. The number of anilines is 2. The van der Waals surface area contributed by atoms with Gasteiger partial charge in [0.2, 0.25) is 5.82 Å². The second-order valence-corrected chi connectivity index (χ2v) is 4.86. The van der Waals surface area contributed by atoms with E-state index in [1.807, 2.05) is 6.08 Å². The summed E-state index contributed by atoms with van der Waals surface area (Å²) in [6.07, 6.45) is 3.50. The van der Waals surface area contributed by atoms with Gasteiger partial charge in [-0.05, 0) is 18.5 Å². The van der Waals surface area contributed by atoms with Gasteiger partial charge >= 0.3 is 6.18 Å². The second kappa shape index (κ2) is 6.29. The summed E-state index contributed by atoms with van der Waals surface area (Å²) < 4.78 is 37.4. The van der Waals surface area contributed by atoms with Crippen LogP contribution in [0.25, 0.3) is 5.57 Å². The average molecular weight is 322 g/mol. The van der Waals surface area contributed by atoms with Crippen LogP contribution in [0.3, 0.4) is 0 Å². The largest absolute Gasteiger partial charge is 0.451 e. The third-order valence-electron chi connectivity index (χ3n) is 3.23. The van der Waals surface area contributed by atoms with Crippen molar-refractivity contribution in [1.82, 2.24) is 25.3 Å². The molecule has 6 nitrogen and oxygen atoms in total. The number of alkyl halides is 3. The first kappa shape index (κ1) is 15.3. The summed E-state index contributed by atoms with van der Waals surface area (Å²) in [5.41, 5.74) is 2.02. The highest BCUT2D eigenvalue weighted by atomic mass is 19.4. The van der Waals surface area contributed by atoms with E-state index in [1.54, 1.807) is 6.20 Å². The fourth-order valence-electron chi connectivity index (χ4n) is 2.18. The van der Waals surface area contributed by atoms with Crippen molar-refractivity contribution in [1.29, 1.82) is 0 Å². The van der Waals surface area contributed by atoms with Crippen LogP contribution in [-0.4, -0.2) is 33.0 Å². The topological polar surface area (TPSA) is 75.6 Å². The predicted molar refractivity (Wildman–Crippen MR) is 77.8 cm³/mol. The van der Waals surface area contributed by atoms with Crippen LogP contribution >= 0.6 is 0 Å². The van der Waals surface area contributed by atoms with Crippen LogP contribution in [0.2, 0.25) is 0 Å². The Hall–Kier alpha value is -2.55. The molecule has 0 spiro atoms. The van der Waals surface area contributed by atoms with E-state index in [9.17, 15) is 13.2 Å². The average Bonchev–Trinajstić information content (AvgIpc) is 2.56. The van der Waals surface area contributed by atoms with Crippen LogP contribution in [0.5, 0.6) is 0 Å². The third kappa shape index (κ3) is 3.62. The van der Waals surface area contributed by atoms with E-state index in [2.05, 4.69) is 30.6 Å². The van der Waals surface area contributed by atoms with E-state index in [0.717, 1.165) is 37.5 Å². The monoisotopic (exact) mass is 322 g/mol. The fraction of sp³-hybridized carbons (Fsp3) is 0.286. The molecular formula is C14H13F3N6. The van der Waals surface area contributed by atoms with E-state index >= 15 is 0 Å². The highest BCUT2D eigenvalue weighted by Crippen LogP contribution is 2.28. The summed E-state index contributed by atoms with van der Waals surface area (Å²) in [6.45, 7) is 1.58. The quantitative estimate of drug-likeness (QED) is 0.904. The van der Waals surface area contributed by atoms with Crippen molar-refractivity contribution in [3.05, 3.63) is 42.4 Å². The van der Waals surface area contributed by atoms with Gasteiger partial charge in [-0.15, -0.1) is 0 Å². The Labute approximate surface area is 129 Å². The van der Waals surface area contributed by atoms with Crippen LogP contribution in [0.1, 0.15) is 17.9 Å². The maximum Gasteiger partial charge on any atom is 0.451 e. The van der Waals surface area contributed by atoms with Gasteiger partial charge < -0.3 is 10.6 Å². The van der Waals surface area contributed by atoms with E-state index in [0.29, 0.717) is 17.2 Å². The second-order valence-electron chi connectivity index (χ2n) is 4.86. The molecule has 3 rings (SSSR count). The molecule has 1 aliphatic rings. The van der Waals surface area contributed by atoms with Gasteiger partial charge in [-0.2, -0.15) is 13.2 Å². The van der Waals surface area contributed by atoms with Gasteiger partial charge in [0.15, 0.2) is 5.82 Å². The van der Waals surface area contributed by atoms with Gasteiger partial charge in [-0.1, -0.05) is 6.08 Å². The van der Waals surface area contributed by atoms with Gasteiger partial charge in [0.1, 0.15) is 5.69 Å². The normalized spacial score (nSPS) is 15.2. The minimum atomic E-state index is -4.56. The number of nitrogens with zero attached hydrogens (tertiary/aromatic N) is 4. The molecule has 0 radical (unpaired) electrons. The molecule has 0 amide bonds. The maximum atomic E-state index is 12.5. The summed E-state index contributed by atoms with van der Waals surface area (Å²) in [5.74, 6) is -0.715. The molecule has 23 heavy (non-hydrogen) atoms. The van der Waals surface area contributed by atoms with Crippen molar-refractivity contribution in [2.75, 3.05) is 18.4 Å². The molecule has 2 N–H and O–H groups in total. The van der Waals surface area contributed by atoms with E-state index in [4.69, 9.17) is 0 Å². The maximum absolute atomic E-state index is 12.5. The smallest absolute Gasteiger partial charge is 0.336 e. The lowest BCUT2D eigenvalue weighted by Crippen LogP contribution is -2.20. The molecular weight excluding hydrogens is 309 g/mol. The summed E-state index contributed by atoms with van der Waals surface area (Å²) in [5, 5.41) is 6.12. The van der Waals surface area contributed by atoms with Gasteiger partial charge in [-0.3, -0.25) is 4.98 Å². The summed E-state index contributed by atoms with van der Waals surface area (Å²) >= 11 is 0. The van der Waals surface area contributed by atoms with Crippen molar-refractivity contribution >= 4 is 17.1 Å². The van der Waals surface area contributed by atoms with Crippen molar-refractivity contribution in [3.8, 4) is 0 Å². The number of rotatable bonds is 3. The van der Waals surface area contributed by atoms with Crippen LogP contribution in [-0.2, 0) is 6.18 Å². The Morgan fingerprint density at radius 3 is 2.43 bits per heavy atom. The lowest BCUT2D eigenvalue weighted by Gasteiger charge is -2.16. The molecule has 9 heteroatoms. The predicted octanol–water partition coefficient (Wildman–Crippen LogP) is 2.41. The molecule has 2 aromatic heterocycles. The van der Waals surface area contributed by atoms with Crippen LogP contribution in [0.15, 0.2) is 30.9 Å². The molecule has 0 atom stereocenters. The molecule has 0 bridgehead atoms. The zero-order chi connectivity index (χ0) is 16.3. The number of nitrogens with one attached hydrogen (secondary N) is 2. The summed E-state index contributed by atoms with van der Waals surface area (Å²) in [6, 6.07) is 0. The molecule has 0 aliphatic carbocycles. The number of hydrogen-bond donors (Lipinski definition) is 2. The zero-order valence-corrected chi connectivity index (χ0v) is 11.9. The lowest BCUT2D eigenvalue weighted by molar-refractivity contribution is -0.144. The third-order valence-corrected chi connectivity index (χ3v) is 3.23. The van der Waals surface area contributed by atoms with E-state index < -0.39 is 12.0 Å². The van der Waals surface area contributed by atoms with Crippen molar-refractivity contribution < 1.29 is 13.2 Å². The standard InChI is InChI=1S/C14H13F3N6/c15-14(16,17)13-21-7-10(8-22-13)23-12-11(19-5-6-20-12)9-1-3-18-4-2-9/h1,5-8,18H,2-4H2,(H,20,23). The van der Waals surface area contributed by atoms with E-state index in [-0.39, 0.29) is 0 Å². The number of aromatic nitrogens is 4. The highest BCUT2D eigenvalue weighted by molar-refractivity contribution is 5.74. The van der Waals surface area contributed by atoms with Crippen LogP contribution in [0, 0.1) is 0 Å². The molecule has 2 aromatic rings. The lowest BCUT2D eigenvalue weighted by atomic mass is 10.1. The Morgan fingerprint density at radius 1 is 1.04 bits per heavy atom. The Morgan fingerprint density at radius 2 is 1.78 bits per heavy atom. The van der Waals surface area contributed by atoms with Gasteiger partial charge in [0.25, 0.3) is 0 Å².